The lowest BCUT2D eigenvalue weighted by atomic mass is 9.82. The van der Waals surface area contributed by atoms with E-state index in [0.717, 1.165) is 6.42 Å². The monoisotopic (exact) mass is 399 g/mol. The number of aromatic nitrogens is 2. The maximum absolute atomic E-state index is 12.3. The number of ether oxygens (including phenoxy) is 4. The first kappa shape index (κ1) is 20.7. The molecule has 1 aliphatic rings. The number of methoxy groups -OCH3 is 2. The molecule has 2 aromatic rings. The Morgan fingerprint density at radius 2 is 2.03 bits per heavy atom. The van der Waals surface area contributed by atoms with Crippen LogP contribution in [0.4, 0.5) is 0 Å². The normalized spacial score (nSPS) is 15.0. The van der Waals surface area contributed by atoms with E-state index in [-0.39, 0.29) is 23.0 Å². The minimum Gasteiger partial charge on any atom is -0.488 e. The molecule has 8 heteroatoms. The number of hydrogen-bond donors (Lipinski definition) is 1. The molecule has 0 saturated heterocycles. The minimum atomic E-state index is -0.465. The molecular weight excluding hydrogens is 374 g/mol. The van der Waals surface area contributed by atoms with Gasteiger partial charge in [-0.05, 0) is 6.07 Å². The van der Waals surface area contributed by atoms with Crippen molar-refractivity contribution in [3.05, 3.63) is 33.6 Å². The highest BCUT2D eigenvalue weighted by Gasteiger charge is 2.37. The van der Waals surface area contributed by atoms with Gasteiger partial charge in [-0.15, -0.1) is 0 Å². The highest BCUT2D eigenvalue weighted by atomic mass is 16.5. The first-order valence-corrected chi connectivity index (χ1v) is 9.35. The molecule has 0 bridgehead atoms. The van der Waals surface area contributed by atoms with E-state index in [9.17, 15) is 10.1 Å². The highest BCUT2D eigenvalue weighted by Crippen LogP contribution is 2.49. The Balaban J connectivity index is 2.13. The maximum Gasteiger partial charge on any atom is 0.266 e. The van der Waals surface area contributed by atoms with Crippen molar-refractivity contribution in [2.24, 2.45) is 5.41 Å². The number of nitrogens with one attached hydrogen (secondary N) is 1. The number of rotatable bonds is 6. The van der Waals surface area contributed by atoms with Crippen molar-refractivity contribution in [3.8, 4) is 34.8 Å². The van der Waals surface area contributed by atoms with Crippen molar-refractivity contribution < 1.29 is 18.9 Å². The predicted octanol–water partition coefficient (Wildman–Crippen LogP) is 3.21. The van der Waals surface area contributed by atoms with Crippen molar-refractivity contribution in [1.82, 2.24) is 9.97 Å². The molecule has 3 rings (SSSR count). The number of aromatic amines is 1. The molecule has 0 fully saturated rings. The Hall–Kier alpha value is -3.05. The van der Waals surface area contributed by atoms with Crippen LogP contribution in [0.15, 0.2) is 16.9 Å². The van der Waals surface area contributed by atoms with Gasteiger partial charge in [0.15, 0.2) is 11.5 Å². The van der Waals surface area contributed by atoms with Gasteiger partial charge < -0.3 is 23.9 Å². The number of fused-ring (bicyclic) bond motifs is 3. The van der Waals surface area contributed by atoms with Crippen LogP contribution in [0.25, 0.3) is 11.4 Å². The lowest BCUT2D eigenvalue weighted by molar-refractivity contribution is 0.0827. The van der Waals surface area contributed by atoms with Crippen LogP contribution in [0.2, 0.25) is 0 Å². The van der Waals surface area contributed by atoms with Crippen LogP contribution < -0.4 is 19.8 Å². The van der Waals surface area contributed by atoms with E-state index in [1.54, 1.807) is 19.2 Å². The molecule has 0 aliphatic carbocycles. The zero-order valence-electron chi connectivity index (χ0n) is 17.3. The van der Waals surface area contributed by atoms with Crippen LogP contribution in [0, 0.1) is 16.7 Å². The molecule has 1 atom stereocenters. The van der Waals surface area contributed by atoms with Gasteiger partial charge in [-0.25, -0.2) is 4.98 Å². The maximum atomic E-state index is 12.3. The zero-order valence-corrected chi connectivity index (χ0v) is 17.3. The van der Waals surface area contributed by atoms with E-state index in [4.69, 9.17) is 18.9 Å². The fourth-order valence-electron chi connectivity index (χ4n) is 3.23. The first-order chi connectivity index (χ1) is 13.8. The third kappa shape index (κ3) is 4.05. The zero-order chi connectivity index (χ0) is 21.2. The number of hydrogen-bond acceptors (Lipinski definition) is 7. The van der Waals surface area contributed by atoms with Crippen molar-refractivity contribution in [3.63, 3.8) is 0 Å². The molecule has 3 heterocycles. The van der Waals surface area contributed by atoms with Gasteiger partial charge in [-0.3, -0.25) is 4.79 Å². The smallest absolute Gasteiger partial charge is 0.266 e. The molecule has 8 nitrogen and oxygen atoms in total. The topological polar surface area (TPSA) is 106 Å². The van der Waals surface area contributed by atoms with Crippen molar-refractivity contribution in [1.29, 1.82) is 5.26 Å². The molecule has 0 radical (unpaired) electrons. The average Bonchev–Trinajstić information content (AvgIpc) is 2.68. The molecular formula is C21H25N3O5. The van der Waals surface area contributed by atoms with E-state index in [0.29, 0.717) is 41.7 Å². The van der Waals surface area contributed by atoms with Crippen LogP contribution in [0.1, 0.15) is 44.4 Å². The van der Waals surface area contributed by atoms with Gasteiger partial charge in [0.2, 0.25) is 0 Å². The van der Waals surface area contributed by atoms with Gasteiger partial charge in [0.1, 0.15) is 23.4 Å². The summed E-state index contributed by atoms with van der Waals surface area (Å²) in [5.74, 6) is 1.23. The van der Waals surface area contributed by atoms with E-state index < -0.39 is 5.56 Å². The standard InChI is InChI=1S/C21H25N3O5/c1-21(2,3)18-13-9-12(11-22)19(25)23-16(13)17-14(29-18)10-15(20(24-17)27-5)28-8-6-7-26-4/h9-10,18H,6-8H2,1-5H3,(H,23,25). The van der Waals surface area contributed by atoms with E-state index in [1.807, 2.05) is 26.8 Å². The van der Waals surface area contributed by atoms with Crippen LogP contribution in [-0.4, -0.2) is 37.4 Å². The second-order valence-corrected chi connectivity index (χ2v) is 7.86. The quantitative estimate of drug-likeness (QED) is 0.743. The second-order valence-electron chi connectivity index (χ2n) is 7.86. The number of nitrogens with zero attached hydrogens (tertiary/aromatic N) is 2. The molecule has 29 heavy (non-hydrogen) atoms. The third-order valence-electron chi connectivity index (χ3n) is 4.61. The summed E-state index contributed by atoms with van der Waals surface area (Å²) in [7, 11) is 3.14. The summed E-state index contributed by atoms with van der Waals surface area (Å²) in [6.07, 6.45) is 0.334. The lowest BCUT2D eigenvalue weighted by Gasteiger charge is -2.36. The molecule has 1 unspecified atom stereocenters. The summed E-state index contributed by atoms with van der Waals surface area (Å²) in [6, 6.07) is 5.24. The Kier molecular flexibility index (Phi) is 5.80. The van der Waals surface area contributed by atoms with Gasteiger partial charge in [0.25, 0.3) is 11.4 Å². The lowest BCUT2D eigenvalue weighted by Crippen LogP contribution is -2.29. The molecule has 0 amide bonds. The fourth-order valence-corrected chi connectivity index (χ4v) is 3.23. The van der Waals surface area contributed by atoms with Crippen LogP contribution in [-0.2, 0) is 4.74 Å². The fraction of sp³-hybridized carbons (Fsp3) is 0.476. The summed E-state index contributed by atoms with van der Waals surface area (Å²) in [5, 5.41) is 9.27. The van der Waals surface area contributed by atoms with Gasteiger partial charge in [0, 0.05) is 37.2 Å². The Morgan fingerprint density at radius 3 is 2.66 bits per heavy atom. The van der Waals surface area contributed by atoms with Crippen LogP contribution in [0.3, 0.4) is 0 Å². The second kappa shape index (κ2) is 8.13. The highest BCUT2D eigenvalue weighted by molar-refractivity contribution is 5.71. The van der Waals surface area contributed by atoms with Crippen molar-refractivity contribution >= 4 is 0 Å². The number of H-pyrrole nitrogens is 1. The molecule has 154 valence electrons. The minimum absolute atomic E-state index is 0.0371. The van der Waals surface area contributed by atoms with E-state index in [1.165, 1.54) is 7.11 Å². The van der Waals surface area contributed by atoms with Gasteiger partial charge in [-0.1, -0.05) is 20.8 Å². The Morgan fingerprint density at radius 1 is 1.28 bits per heavy atom. The third-order valence-corrected chi connectivity index (χ3v) is 4.61. The van der Waals surface area contributed by atoms with Gasteiger partial charge in [0.05, 0.1) is 19.4 Å². The van der Waals surface area contributed by atoms with Crippen LogP contribution in [0.5, 0.6) is 17.4 Å². The average molecular weight is 399 g/mol. The largest absolute Gasteiger partial charge is 0.488 e. The summed E-state index contributed by atoms with van der Waals surface area (Å²) in [4.78, 5) is 19.6. The van der Waals surface area contributed by atoms with E-state index >= 15 is 0 Å². The number of pyridine rings is 2. The van der Waals surface area contributed by atoms with E-state index in [2.05, 4.69) is 9.97 Å². The molecule has 0 saturated carbocycles. The molecule has 0 aromatic carbocycles. The Bertz CT molecular complexity index is 1000. The SMILES string of the molecule is COCCCOc1cc2c(nc1OC)-c1[nH]c(=O)c(C#N)cc1C(C(C)(C)C)O2. The summed E-state index contributed by atoms with van der Waals surface area (Å²) >= 11 is 0. The molecule has 1 aliphatic heterocycles. The number of nitriles is 1. The predicted molar refractivity (Wildman–Crippen MR) is 106 cm³/mol. The summed E-state index contributed by atoms with van der Waals surface area (Å²) in [5.41, 5.74) is 0.964. The summed E-state index contributed by atoms with van der Waals surface area (Å²) < 4.78 is 22.5. The van der Waals surface area contributed by atoms with Crippen molar-refractivity contribution in [2.45, 2.75) is 33.3 Å². The molecule has 1 N–H and O–H groups in total. The molecule has 0 spiro atoms. The summed E-state index contributed by atoms with van der Waals surface area (Å²) in [6.45, 7) is 7.11. The van der Waals surface area contributed by atoms with Crippen LogP contribution >= 0.6 is 0 Å². The molecule has 2 aromatic heterocycles. The first-order valence-electron chi connectivity index (χ1n) is 9.35. The van der Waals surface area contributed by atoms with Crippen molar-refractivity contribution in [2.75, 3.05) is 27.4 Å². The Labute approximate surface area is 169 Å². The van der Waals surface area contributed by atoms with Gasteiger partial charge >= 0.3 is 0 Å². The van der Waals surface area contributed by atoms with Gasteiger partial charge in [-0.2, -0.15) is 5.26 Å².